The monoisotopic (exact) mass is 269 g/mol. The Morgan fingerprint density at radius 1 is 1.20 bits per heavy atom. The van der Waals surface area contributed by atoms with Crippen molar-refractivity contribution in [2.45, 2.75) is 25.8 Å². The van der Waals surface area contributed by atoms with Gasteiger partial charge in [0.1, 0.15) is 0 Å². The molecule has 3 rings (SSSR count). The number of rotatable bonds is 5. The summed E-state index contributed by atoms with van der Waals surface area (Å²) in [5, 5.41) is 0. The second-order valence-corrected chi connectivity index (χ2v) is 5.80. The number of hydrogen-bond acceptors (Lipinski definition) is 2. The normalized spacial score (nSPS) is 20.1. The molecule has 1 aliphatic rings. The summed E-state index contributed by atoms with van der Waals surface area (Å²) in [6.07, 6.45) is 9.72. The van der Waals surface area contributed by atoms with E-state index in [4.69, 9.17) is 0 Å². The van der Waals surface area contributed by atoms with Gasteiger partial charge in [0, 0.05) is 32.0 Å². The quantitative estimate of drug-likeness (QED) is 0.832. The van der Waals surface area contributed by atoms with Crippen LogP contribution in [0.5, 0.6) is 0 Å². The van der Waals surface area contributed by atoms with Gasteiger partial charge in [-0.1, -0.05) is 30.3 Å². The van der Waals surface area contributed by atoms with Crippen molar-refractivity contribution in [1.29, 1.82) is 0 Å². The molecule has 2 aromatic rings. The van der Waals surface area contributed by atoms with Gasteiger partial charge in [-0.3, -0.25) is 0 Å². The van der Waals surface area contributed by atoms with Crippen LogP contribution in [0.1, 0.15) is 18.4 Å². The zero-order chi connectivity index (χ0) is 13.6. The first-order chi connectivity index (χ1) is 9.90. The van der Waals surface area contributed by atoms with Crippen LogP contribution in [0.15, 0.2) is 49.1 Å². The molecule has 0 unspecified atom stereocenters. The Morgan fingerprint density at radius 2 is 2.10 bits per heavy atom. The lowest BCUT2D eigenvalue weighted by molar-refractivity contribution is 0.164. The smallest absolute Gasteiger partial charge is 0.0946 e. The summed E-state index contributed by atoms with van der Waals surface area (Å²) in [5.41, 5.74) is 1.45. The van der Waals surface area contributed by atoms with Crippen molar-refractivity contribution in [3.05, 3.63) is 54.6 Å². The van der Waals surface area contributed by atoms with Crippen LogP contribution in [-0.2, 0) is 13.0 Å². The van der Waals surface area contributed by atoms with Crippen LogP contribution in [-0.4, -0.2) is 34.1 Å². The second-order valence-electron chi connectivity index (χ2n) is 5.80. The highest BCUT2D eigenvalue weighted by atomic mass is 15.1. The van der Waals surface area contributed by atoms with Crippen molar-refractivity contribution in [2.75, 3.05) is 19.6 Å². The van der Waals surface area contributed by atoms with Gasteiger partial charge in [0.15, 0.2) is 0 Å². The van der Waals surface area contributed by atoms with E-state index in [2.05, 4.69) is 51.0 Å². The molecule has 1 atom stereocenters. The third-order valence-corrected chi connectivity index (χ3v) is 4.19. The predicted octanol–water partition coefficient (Wildman–Crippen LogP) is 2.84. The summed E-state index contributed by atoms with van der Waals surface area (Å²) >= 11 is 0. The summed E-state index contributed by atoms with van der Waals surface area (Å²) < 4.78 is 2.21. The molecule has 0 aliphatic carbocycles. The Kier molecular flexibility index (Phi) is 4.49. The van der Waals surface area contributed by atoms with Gasteiger partial charge >= 0.3 is 0 Å². The van der Waals surface area contributed by atoms with Gasteiger partial charge in [-0.05, 0) is 37.3 Å². The lowest BCUT2D eigenvalue weighted by Gasteiger charge is -2.32. The van der Waals surface area contributed by atoms with E-state index in [-0.39, 0.29) is 0 Å². The molecule has 1 aromatic carbocycles. The number of imidazole rings is 1. The van der Waals surface area contributed by atoms with Gasteiger partial charge in [-0.15, -0.1) is 0 Å². The first kappa shape index (κ1) is 13.4. The summed E-state index contributed by atoms with van der Waals surface area (Å²) in [7, 11) is 0. The van der Waals surface area contributed by atoms with Crippen LogP contribution in [0.2, 0.25) is 0 Å². The number of piperidine rings is 1. The first-order valence-electron chi connectivity index (χ1n) is 7.62. The maximum absolute atomic E-state index is 4.13. The molecule has 0 bridgehead atoms. The van der Waals surface area contributed by atoms with Crippen LogP contribution in [0, 0.1) is 5.92 Å². The van der Waals surface area contributed by atoms with E-state index in [0.29, 0.717) is 0 Å². The Bertz CT molecular complexity index is 492. The topological polar surface area (TPSA) is 21.1 Å². The van der Waals surface area contributed by atoms with E-state index in [1.54, 1.807) is 0 Å². The second kappa shape index (κ2) is 6.71. The highest BCUT2D eigenvalue weighted by Gasteiger charge is 2.19. The molecule has 0 saturated carbocycles. The molecule has 3 nitrogen and oxygen atoms in total. The Labute approximate surface area is 121 Å². The van der Waals surface area contributed by atoms with Crippen molar-refractivity contribution >= 4 is 0 Å². The van der Waals surface area contributed by atoms with Gasteiger partial charge in [0.05, 0.1) is 6.33 Å². The van der Waals surface area contributed by atoms with Crippen molar-refractivity contribution in [3.8, 4) is 0 Å². The molecule has 0 amide bonds. The number of likely N-dealkylation sites (tertiary alicyclic amines) is 1. The third-order valence-electron chi connectivity index (χ3n) is 4.19. The summed E-state index contributed by atoms with van der Waals surface area (Å²) in [6.45, 7) is 4.78. The predicted molar refractivity (Wildman–Crippen MR) is 81.5 cm³/mol. The molecular weight excluding hydrogens is 246 g/mol. The standard InChI is InChI=1S/C17H23N3/c1-2-5-16(6-3-1)8-11-19-10-4-7-17(13-19)14-20-12-9-18-15-20/h1-3,5-6,9,12,15,17H,4,7-8,10-11,13-14H2/t17-/m1/s1. The van der Waals surface area contributed by atoms with Crippen molar-refractivity contribution in [1.82, 2.24) is 14.5 Å². The molecule has 106 valence electrons. The van der Waals surface area contributed by atoms with Crippen LogP contribution in [0.3, 0.4) is 0 Å². The molecule has 0 N–H and O–H groups in total. The van der Waals surface area contributed by atoms with Gasteiger partial charge in [-0.25, -0.2) is 4.98 Å². The zero-order valence-electron chi connectivity index (χ0n) is 12.0. The molecule has 1 fully saturated rings. The SMILES string of the molecule is c1ccc(CCN2CCC[C@@H](Cn3ccnc3)C2)cc1. The van der Waals surface area contributed by atoms with Gasteiger partial charge in [-0.2, -0.15) is 0 Å². The van der Waals surface area contributed by atoms with Crippen LogP contribution in [0.25, 0.3) is 0 Å². The lowest BCUT2D eigenvalue weighted by atomic mass is 9.97. The molecule has 0 spiro atoms. The fraction of sp³-hybridized carbons (Fsp3) is 0.471. The average Bonchev–Trinajstić information content (AvgIpc) is 3.00. The van der Waals surface area contributed by atoms with Crippen molar-refractivity contribution in [2.24, 2.45) is 5.92 Å². The molecule has 1 aliphatic heterocycles. The summed E-state index contributed by atoms with van der Waals surface area (Å²) in [4.78, 5) is 6.76. The van der Waals surface area contributed by atoms with Crippen molar-refractivity contribution < 1.29 is 0 Å². The van der Waals surface area contributed by atoms with E-state index in [1.807, 2.05) is 12.5 Å². The molecular formula is C17H23N3. The van der Waals surface area contributed by atoms with Crippen LogP contribution in [0.4, 0.5) is 0 Å². The van der Waals surface area contributed by atoms with E-state index in [1.165, 1.54) is 44.5 Å². The Morgan fingerprint density at radius 3 is 2.90 bits per heavy atom. The summed E-state index contributed by atoms with van der Waals surface area (Å²) in [6, 6.07) is 10.8. The number of hydrogen-bond donors (Lipinski definition) is 0. The maximum atomic E-state index is 4.13. The molecule has 1 saturated heterocycles. The fourth-order valence-electron chi connectivity index (χ4n) is 3.13. The number of aromatic nitrogens is 2. The summed E-state index contributed by atoms with van der Waals surface area (Å²) in [5.74, 6) is 0.772. The van der Waals surface area contributed by atoms with Crippen molar-refractivity contribution in [3.63, 3.8) is 0 Å². The minimum Gasteiger partial charge on any atom is -0.337 e. The minimum absolute atomic E-state index is 0.772. The fourth-order valence-corrected chi connectivity index (χ4v) is 3.13. The number of benzene rings is 1. The van der Waals surface area contributed by atoms with E-state index < -0.39 is 0 Å². The van der Waals surface area contributed by atoms with E-state index in [0.717, 1.165) is 12.5 Å². The van der Waals surface area contributed by atoms with Crippen LogP contribution < -0.4 is 0 Å². The van der Waals surface area contributed by atoms with Gasteiger partial charge in [0.2, 0.25) is 0 Å². The zero-order valence-corrected chi connectivity index (χ0v) is 12.0. The minimum atomic E-state index is 0.772. The Hall–Kier alpha value is -1.61. The van der Waals surface area contributed by atoms with Crippen LogP contribution >= 0.6 is 0 Å². The highest BCUT2D eigenvalue weighted by molar-refractivity contribution is 5.14. The molecule has 1 aromatic heterocycles. The van der Waals surface area contributed by atoms with E-state index >= 15 is 0 Å². The lowest BCUT2D eigenvalue weighted by Crippen LogP contribution is -2.38. The first-order valence-corrected chi connectivity index (χ1v) is 7.62. The highest BCUT2D eigenvalue weighted by Crippen LogP contribution is 2.18. The largest absolute Gasteiger partial charge is 0.337 e. The molecule has 0 radical (unpaired) electrons. The van der Waals surface area contributed by atoms with Gasteiger partial charge < -0.3 is 9.47 Å². The molecule has 20 heavy (non-hydrogen) atoms. The maximum Gasteiger partial charge on any atom is 0.0946 e. The third kappa shape index (κ3) is 3.70. The molecule has 2 heterocycles. The van der Waals surface area contributed by atoms with Gasteiger partial charge in [0.25, 0.3) is 0 Å². The Balaban J connectivity index is 1.48. The number of nitrogens with zero attached hydrogens (tertiary/aromatic N) is 3. The average molecular weight is 269 g/mol. The van der Waals surface area contributed by atoms with E-state index in [9.17, 15) is 0 Å². The molecule has 3 heteroatoms.